The molecule has 0 aromatic heterocycles. The Bertz CT molecular complexity index is 798. The number of carboxylic acid groups (broad SMARTS) is 1. The molecule has 0 aliphatic carbocycles. The van der Waals surface area contributed by atoms with E-state index in [1.54, 1.807) is 37.0 Å². The number of aliphatic imine (C=N–C) groups is 1. The maximum Gasteiger partial charge on any atom is 0.335 e. The third-order valence-corrected chi connectivity index (χ3v) is 4.46. The van der Waals surface area contributed by atoms with Gasteiger partial charge in [0.05, 0.1) is 11.3 Å². The molecule has 1 aliphatic heterocycles. The van der Waals surface area contributed by atoms with Crippen LogP contribution >= 0.6 is 11.8 Å². The number of aromatic carboxylic acids is 1. The molecule has 23 heavy (non-hydrogen) atoms. The molecule has 0 saturated carbocycles. The van der Waals surface area contributed by atoms with Crippen molar-refractivity contribution in [3.63, 3.8) is 0 Å². The number of carbonyl (C=O) groups is 1. The summed E-state index contributed by atoms with van der Waals surface area (Å²) in [4.78, 5) is 15.1. The second-order valence-electron chi connectivity index (χ2n) is 4.95. The van der Waals surface area contributed by atoms with Gasteiger partial charge in [-0.25, -0.2) is 4.79 Å². The van der Waals surface area contributed by atoms with Crippen molar-refractivity contribution in [2.24, 2.45) is 10.1 Å². The van der Waals surface area contributed by atoms with Crippen molar-refractivity contribution in [2.45, 2.75) is 0 Å². The Hall–Kier alpha value is -2.60. The zero-order valence-corrected chi connectivity index (χ0v) is 13.3. The van der Waals surface area contributed by atoms with E-state index in [1.807, 2.05) is 30.3 Å². The first-order valence-corrected chi connectivity index (χ1v) is 8.02. The van der Waals surface area contributed by atoms with Gasteiger partial charge < -0.3 is 5.11 Å². The lowest BCUT2D eigenvalue weighted by Crippen LogP contribution is -2.25. The highest BCUT2D eigenvalue weighted by Crippen LogP contribution is 2.22. The lowest BCUT2D eigenvalue weighted by Gasteiger charge is -2.14. The number of benzene rings is 2. The van der Waals surface area contributed by atoms with Crippen LogP contribution in [0.1, 0.15) is 15.9 Å². The number of hydrogen-bond acceptors (Lipinski definition) is 4. The second kappa shape index (κ2) is 6.66. The minimum absolute atomic E-state index is 0.287. The summed E-state index contributed by atoms with van der Waals surface area (Å²) in [6.45, 7) is 0. The maximum absolute atomic E-state index is 11.1. The molecule has 2 N–H and O–H groups in total. The summed E-state index contributed by atoms with van der Waals surface area (Å²) in [6.07, 6.45) is 0. The van der Waals surface area contributed by atoms with Gasteiger partial charge in [-0.3, -0.25) is 10.4 Å². The Labute approximate surface area is 138 Å². The molecule has 0 unspecified atom stereocenters. The van der Waals surface area contributed by atoms with E-state index in [0.717, 1.165) is 33.3 Å². The maximum atomic E-state index is 11.1. The summed E-state index contributed by atoms with van der Waals surface area (Å²) >= 11 is 1.61. The molecule has 0 amide bonds. The topological polar surface area (TPSA) is 74.0 Å². The zero-order valence-electron chi connectivity index (χ0n) is 12.5. The van der Waals surface area contributed by atoms with Gasteiger partial charge in [0.2, 0.25) is 0 Å². The van der Waals surface area contributed by atoms with Crippen LogP contribution in [0.5, 0.6) is 0 Å². The van der Waals surface area contributed by atoms with Gasteiger partial charge in [-0.1, -0.05) is 48.2 Å². The SMILES string of the molecule is CN=C1NN=C(c2ccc(-c3cccc(C(=O)O)c3)cc2)CS1. The van der Waals surface area contributed by atoms with Crippen molar-refractivity contribution in [1.29, 1.82) is 0 Å². The third-order valence-electron chi connectivity index (χ3n) is 3.50. The van der Waals surface area contributed by atoms with E-state index >= 15 is 0 Å². The van der Waals surface area contributed by atoms with Crippen molar-refractivity contribution in [2.75, 3.05) is 12.8 Å². The molecule has 6 heteroatoms. The van der Waals surface area contributed by atoms with E-state index in [9.17, 15) is 4.79 Å². The van der Waals surface area contributed by atoms with E-state index in [0.29, 0.717) is 0 Å². The highest BCUT2D eigenvalue weighted by molar-refractivity contribution is 8.14. The van der Waals surface area contributed by atoms with Gasteiger partial charge in [0.25, 0.3) is 0 Å². The Morgan fingerprint density at radius 3 is 2.52 bits per heavy atom. The summed E-state index contributed by atoms with van der Waals surface area (Å²) in [6, 6.07) is 14.9. The molecule has 0 bridgehead atoms. The predicted molar refractivity (Wildman–Crippen MR) is 94.3 cm³/mol. The molecular weight excluding hydrogens is 310 g/mol. The van der Waals surface area contributed by atoms with Crippen LogP contribution in [0.25, 0.3) is 11.1 Å². The van der Waals surface area contributed by atoms with Crippen LogP contribution in [-0.4, -0.2) is 34.8 Å². The van der Waals surface area contributed by atoms with E-state index in [-0.39, 0.29) is 5.56 Å². The van der Waals surface area contributed by atoms with E-state index in [1.165, 1.54) is 0 Å². The molecular formula is C17H15N3O2S. The standard InChI is InChI=1S/C17H15N3O2S/c1-18-17-20-19-15(10-23-17)12-7-5-11(6-8-12)13-3-2-4-14(9-13)16(21)22/h2-9H,10H2,1H3,(H,18,20)(H,21,22). The first-order chi connectivity index (χ1) is 11.2. The van der Waals surface area contributed by atoms with Crippen molar-refractivity contribution >= 4 is 28.6 Å². The molecule has 1 heterocycles. The van der Waals surface area contributed by atoms with E-state index < -0.39 is 5.97 Å². The summed E-state index contributed by atoms with van der Waals surface area (Å²) in [5, 5.41) is 14.2. The number of hydrogen-bond donors (Lipinski definition) is 2. The molecule has 0 fully saturated rings. The van der Waals surface area contributed by atoms with Crippen molar-refractivity contribution in [3.8, 4) is 11.1 Å². The van der Waals surface area contributed by atoms with Crippen molar-refractivity contribution in [3.05, 3.63) is 59.7 Å². The van der Waals surface area contributed by atoms with Crippen LogP contribution < -0.4 is 5.43 Å². The van der Waals surface area contributed by atoms with Crippen molar-refractivity contribution < 1.29 is 9.90 Å². The molecule has 0 spiro atoms. The Kier molecular flexibility index (Phi) is 4.43. The molecule has 0 saturated heterocycles. The van der Waals surface area contributed by atoms with E-state index in [4.69, 9.17) is 5.11 Å². The van der Waals surface area contributed by atoms with Gasteiger partial charge in [-0.15, -0.1) is 0 Å². The molecule has 3 rings (SSSR count). The fourth-order valence-electron chi connectivity index (χ4n) is 2.27. The zero-order chi connectivity index (χ0) is 16.2. The highest BCUT2D eigenvalue weighted by atomic mass is 32.2. The molecule has 5 nitrogen and oxygen atoms in total. The fraction of sp³-hybridized carbons (Fsp3) is 0.118. The molecule has 2 aromatic carbocycles. The van der Waals surface area contributed by atoms with Crippen LogP contribution in [0.3, 0.4) is 0 Å². The second-order valence-corrected chi connectivity index (χ2v) is 5.92. The molecule has 1 aliphatic rings. The quantitative estimate of drug-likeness (QED) is 0.909. The van der Waals surface area contributed by atoms with Gasteiger partial charge in [-0.2, -0.15) is 5.10 Å². The molecule has 0 atom stereocenters. The third kappa shape index (κ3) is 3.43. The lowest BCUT2D eigenvalue weighted by atomic mass is 10.0. The minimum Gasteiger partial charge on any atom is -0.478 e. The number of rotatable bonds is 3. The minimum atomic E-state index is -0.920. The number of carboxylic acids is 1. The first kappa shape index (κ1) is 15.3. The largest absolute Gasteiger partial charge is 0.478 e. The summed E-state index contributed by atoms with van der Waals surface area (Å²) in [7, 11) is 1.73. The number of hydrazone groups is 1. The van der Waals surface area contributed by atoms with Gasteiger partial charge in [0.15, 0.2) is 5.17 Å². The van der Waals surface area contributed by atoms with Gasteiger partial charge in [-0.05, 0) is 28.8 Å². The summed E-state index contributed by atoms with van der Waals surface area (Å²) in [5.41, 5.74) is 7.07. The van der Waals surface area contributed by atoms with Crippen LogP contribution in [0.2, 0.25) is 0 Å². The Morgan fingerprint density at radius 2 is 1.91 bits per heavy atom. The molecule has 2 aromatic rings. The average molecular weight is 325 g/mol. The lowest BCUT2D eigenvalue weighted by molar-refractivity contribution is 0.0697. The van der Waals surface area contributed by atoms with Gasteiger partial charge in [0, 0.05) is 12.8 Å². The van der Waals surface area contributed by atoms with E-state index in [2.05, 4.69) is 15.5 Å². The summed E-state index contributed by atoms with van der Waals surface area (Å²) < 4.78 is 0. The fourth-order valence-corrected chi connectivity index (χ4v) is 3.01. The number of nitrogens with zero attached hydrogens (tertiary/aromatic N) is 2. The van der Waals surface area contributed by atoms with Crippen LogP contribution in [0.15, 0.2) is 58.6 Å². The Morgan fingerprint density at radius 1 is 1.17 bits per heavy atom. The highest BCUT2D eigenvalue weighted by Gasteiger charge is 2.12. The predicted octanol–water partition coefficient (Wildman–Crippen LogP) is 3.08. The molecule has 0 radical (unpaired) electrons. The van der Waals surface area contributed by atoms with Crippen molar-refractivity contribution in [1.82, 2.24) is 5.43 Å². The summed E-state index contributed by atoms with van der Waals surface area (Å²) in [5.74, 6) is -0.149. The van der Waals surface area contributed by atoms with Crippen LogP contribution in [0, 0.1) is 0 Å². The van der Waals surface area contributed by atoms with Gasteiger partial charge >= 0.3 is 5.97 Å². The number of nitrogens with one attached hydrogen (secondary N) is 1. The Balaban J connectivity index is 1.84. The first-order valence-electron chi connectivity index (χ1n) is 7.03. The number of thioether (sulfide) groups is 1. The normalized spacial score (nSPS) is 15.9. The van der Waals surface area contributed by atoms with Crippen LogP contribution in [0.4, 0.5) is 0 Å². The smallest absolute Gasteiger partial charge is 0.335 e. The van der Waals surface area contributed by atoms with Crippen LogP contribution in [-0.2, 0) is 0 Å². The monoisotopic (exact) mass is 325 g/mol. The molecule has 116 valence electrons. The number of amidine groups is 1. The average Bonchev–Trinajstić information content (AvgIpc) is 2.62. The van der Waals surface area contributed by atoms with Gasteiger partial charge in [0.1, 0.15) is 0 Å².